The molecule has 1 rings (SSSR count). The van der Waals surface area contributed by atoms with E-state index in [2.05, 4.69) is 0 Å². The summed E-state index contributed by atoms with van der Waals surface area (Å²) >= 11 is 0. The Kier molecular flexibility index (Phi) is 18.4. The maximum Gasteiger partial charge on any atom is 0.152 e. The van der Waals surface area contributed by atoms with Crippen LogP contribution in [0, 0.1) is 4.91 Å². The van der Waals surface area contributed by atoms with Gasteiger partial charge < -0.3 is 33.6 Å². The lowest BCUT2D eigenvalue weighted by atomic mass is 10.6. The maximum absolute atomic E-state index is 8.11. The van der Waals surface area contributed by atoms with E-state index in [9.17, 15) is 0 Å². The van der Waals surface area contributed by atoms with Gasteiger partial charge in [-0.1, -0.05) is 0 Å². The smallest absolute Gasteiger partial charge is 0.152 e. The summed E-state index contributed by atoms with van der Waals surface area (Å²) in [5.74, 6) is 0. The van der Waals surface area contributed by atoms with Crippen molar-refractivity contribution >= 4 is 0 Å². The highest BCUT2D eigenvalue weighted by Crippen LogP contribution is 1.86. The average molecular weight is 311 g/mol. The molecular formula is C12H25NO8. The molecule has 1 N–H and O–H groups in total. The van der Waals surface area contributed by atoms with Crippen LogP contribution in [-0.2, 0) is 28.4 Å². The monoisotopic (exact) mass is 311 g/mol. The van der Waals surface area contributed by atoms with Crippen LogP contribution in [-0.4, -0.2) is 84.5 Å². The highest BCUT2D eigenvalue weighted by atomic mass is 16.6. The van der Waals surface area contributed by atoms with Gasteiger partial charge in [0.1, 0.15) is 0 Å². The standard InChI is InChI=1S/C12H24O6.HNO2/c1-2-14-5-6-16-9-10-18-12-11-17-8-7-15-4-3-13-1;2-1-3/h1-12H2;(H,2,3). The fourth-order valence-electron chi connectivity index (χ4n) is 1.32. The molecule has 126 valence electrons. The lowest BCUT2D eigenvalue weighted by Gasteiger charge is -2.09. The predicted molar refractivity (Wildman–Crippen MR) is 72.5 cm³/mol. The van der Waals surface area contributed by atoms with Gasteiger partial charge in [0.15, 0.2) is 5.34 Å². The second kappa shape index (κ2) is 19.2. The zero-order valence-corrected chi connectivity index (χ0v) is 12.2. The molecule has 0 atom stereocenters. The molecule has 1 saturated heterocycles. The van der Waals surface area contributed by atoms with Crippen molar-refractivity contribution in [2.45, 2.75) is 0 Å². The van der Waals surface area contributed by atoms with E-state index in [1.165, 1.54) is 5.34 Å². The molecule has 0 bridgehead atoms. The SMILES string of the molecule is C1COCCOCCOCCOCCOCCO1.O=NO. The van der Waals surface area contributed by atoms with Gasteiger partial charge in [-0.2, -0.15) is 0 Å². The number of ether oxygens (including phenoxy) is 6. The first-order chi connectivity index (χ1) is 10.4. The van der Waals surface area contributed by atoms with Crippen LogP contribution in [0.2, 0.25) is 0 Å². The van der Waals surface area contributed by atoms with Crippen LogP contribution >= 0.6 is 0 Å². The van der Waals surface area contributed by atoms with Gasteiger partial charge in [0.05, 0.1) is 79.3 Å². The van der Waals surface area contributed by atoms with E-state index in [1.54, 1.807) is 0 Å². The van der Waals surface area contributed by atoms with E-state index in [0.29, 0.717) is 79.3 Å². The molecule has 0 aromatic heterocycles. The van der Waals surface area contributed by atoms with Crippen LogP contribution in [0.5, 0.6) is 0 Å². The number of hydrogen-bond donors (Lipinski definition) is 1. The molecule has 1 aliphatic rings. The van der Waals surface area contributed by atoms with Crippen molar-refractivity contribution < 1.29 is 33.6 Å². The summed E-state index contributed by atoms with van der Waals surface area (Å²) in [7, 11) is 0. The topological polar surface area (TPSA) is 105 Å². The summed E-state index contributed by atoms with van der Waals surface area (Å²) in [6.07, 6.45) is 0. The summed E-state index contributed by atoms with van der Waals surface area (Å²) in [5, 5.41) is 7.89. The fraction of sp³-hybridized carbons (Fsp3) is 1.00. The molecule has 1 fully saturated rings. The van der Waals surface area contributed by atoms with Crippen molar-refractivity contribution in [1.29, 1.82) is 0 Å². The van der Waals surface area contributed by atoms with Crippen molar-refractivity contribution in [2.24, 2.45) is 5.34 Å². The zero-order valence-electron chi connectivity index (χ0n) is 12.2. The zero-order chi connectivity index (χ0) is 15.4. The van der Waals surface area contributed by atoms with Crippen LogP contribution in [0.4, 0.5) is 0 Å². The van der Waals surface area contributed by atoms with Gasteiger partial charge in [0, 0.05) is 0 Å². The molecule has 0 aromatic carbocycles. The normalized spacial score (nSPS) is 21.1. The molecule has 0 spiro atoms. The summed E-state index contributed by atoms with van der Waals surface area (Å²) in [6.45, 7) is 7.04. The van der Waals surface area contributed by atoms with Crippen LogP contribution in [0.15, 0.2) is 5.34 Å². The second-order valence-electron chi connectivity index (χ2n) is 3.76. The number of rotatable bonds is 0. The van der Waals surface area contributed by atoms with Crippen molar-refractivity contribution in [3.63, 3.8) is 0 Å². The van der Waals surface area contributed by atoms with Crippen molar-refractivity contribution in [1.82, 2.24) is 0 Å². The third-order valence-corrected chi connectivity index (χ3v) is 2.23. The Morgan fingerprint density at radius 3 is 0.667 bits per heavy atom. The van der Waals surface area contributed by atoms with Gasteiger partial charge in [0.25, 0.3) is 0 Å². The Labute approximate surface area is 124 Å². The Bertz CT molecular complexity index is 133. The van der Waals surface area contributed by atoms with E-state index in [4.69, 9.17) is 38.5 Å². The van der Waals surface area contributed by atoms with Crippen molar-refractivity contribution in [3.8, 4) is 0 Å². The third kappa shape index (κ3) is 19.2. The highest BCUT2D eigenvalue weighted by Gasteiger charge is 1.95. The molecule has 0 saturated carbocycles. The van der Waals surface area contributed by atoms with E-state index < -0.39 is 0 Å². The lowest BCUT2D eigenvalue weighted by Crippen LogP contribution is -2.16. The Morgan fingerprint density at radius 1 is 0.476 bits per heavy atom. The van der Waals surface area contributed by atoms with Gasteiger partial charge in [-0.05, 0) is 0 Å². The maximum atomic E-state index is 8.11. The molecule has 21 heavy (non-hydrogen) atoms. The molecule has 1 aliphatic heterocycles. The van der Waals surface area contributed by atoms with Gasteiger partial charge in [-0.25, -0.2) is 0 Å². The summed E-state index contributed by atoms with van der Waals surface area (Å²) in [4.78, 5) is 8.11. The first-order valence-electron chi connectivity index (χ1n) is 6.85. The molecular weight excluding hydrogens is 286 g/mol. The molecule has 0 aliphatic carbocycles. The molecule has 0 amide bonds. The summed E-state index contributed by atoms with van der Waals surface area (Å²) < 4.78 is 32.0. The fourth-order valence-corrected chi connectivity index (χ4v) is 1.32. The number of hydrogen-bond acceptors (Lipinski definition) is 8. The lowest BCUT2D eigenvalue weighted by molar-refractivity contribution is -0.0334. The van der Waals surface area contributed by atoms with Crippen LogP contribution in [0.25, 0.3) is 0 Å². The van der Waals surface area contributed by atoms with E-state index >= 15 is 0 Å². The molecule has 0 radical (unpaired) electrons. The van der Waals surface area contributed by atoms with Gasteiger partial charge in [-0.15, -0.1) is 4.91 Å². The predicted octanol–water partition coefficient (Wildman–Crippen LogP) is 0.242. The Balaban J connectivity index is 0.00000122. The van der Waals surface area contributed by atoms with E-state index in [-0.39, 0.29) is 0 Å². The second-order valence-corrected chi connectivity index (χ2v) is 3.76. The van der Waals surface area contributed by atoms with Gasteiger partial charge in [0.2, 0.25) is 0 Å². The number of nitrogens with zero attached hydrogens (tertiary/aromatic N) is 1. The molecule has 1 heterocycles. The minimum Gasteiger partial charge on any atom is -0.379 e. The minimum absolute atomic E-state index is 0.586. The first-order valence-corrected chi connectivity index (χ1v) is 6.85. The average Bonchev–Trinajstić information content (AvgIpc) is 2.48. The highest BCUT2D eigenvalue weighted by molar-refractivity contribution is 4.38. The van der Waals surface area contributed by atoms with Crippen LogP contribution in [0.3, 0.4) is 0 Å². The van der Waals surface area contributed by atoms with Crippen molar-refractivity contribution in [3.05, 3.63) is 4.91 Å². The molecule has 9 heteroatoms. The van der Waals surface area contributed by atoms with Crippen molar-refractivity contribution in [2.75, 3.05) is 79.3 Å². The van der Waals surface area contributed by atoms with Gasteiger partial charge >= 0.3 is 0 Å². The largest absolute Gasteiger partial charge is 0.379 e. The third-order valence-electron chi connectivity index (χ3n) is 2.23. The summed E-state index contributed by atoms with van der Waals surface area (Å²) in [5.41, 5.74) is 0. The van der Waals surface area contributed by atoms with Crippen LogP contribution < -0.4 is 0 Å². The van der Waals surface area contributed by atoms with E-state index in [1.807, 2.05) is 0 Å². The Morgan fingerprint density at radius 2 is 0.571 bits per heavy atom. The molecule has 0 aromatic rings. The minimum atomic E-state index is 0.586. The quantitative estimate of drug-likeness (QED) is 0.501. The summed E-state index contributed by atoms with van der Waals surface area (Å²) in [6, 6.07) is 0. The van der Waals surface area contributed by atoms with Crippen LogP contribution in [0.1, 0.15) is 0 Å². The van der Waals surface area contributed by atoms with E-state index in [0.717, 1.165) is 0 Å². The van der Waals surface area contributed by atoms with Gasteiger partial charge in [-0.3, -0.25) is 0 Å². The first kappa shape index (κ1) is 20.2. The molecule has 0 unspecified atom stereocenters. The molecule has 9 nitrogen and oxygen atoms in total. The Hall–Kier alpha value is -0.840.